The first-order valence-electron chi connectivity index (χ1n) is 7.23. The van der Waals surface area contributed by atoms with Crippen LogP contribution < -0.4 is 0 Å². The van der Waals surface area contributed by atoms with E-state index in [-0.39, 0.29) is 6.04 Å². The Morgan fingerprint density at radius 1 is 1.45 bits per heavy atom. The van der Waals surface area contributed by atoms with E-state index >= 15 is 0 Å². The van der Waals surface area contributed by atoms with Crippen LogP contribution in [0.2, 0.25) is 5.02 Å². The van der Waals surface area contributed by atoms with Crippen LogP contribution >= 0.6 is 11.6 Å². The first kappa shape index (κ1) is 13.8. The van der Waals surface area contributed by atoms with Crippen molar-refractivity contribution < 1.29 is 9.90 Å². The largest absolute Gasteiger partial charge is 0.480 e. The van der Waals surface area contributed by atoms with E-state index in [9.17, 15) is 9.90 Å². The van der Waals surface area contributed by atoms with Gasteiger partial charge in [-0.15, -0.1) is 0 Å². The SMILES string of the molecule is O=C(O)C1CC2CCCCC2N1Cc1ccncc1Cl. The highest BCUT2D eigenvalue weighted by Gasteiger charge is 2.45. The molecule has 1 saturated carbocycles. The van der Waals surface area contributed by atoms with Crippen molar-refractivity contribution in [2.75, 3.05) is 0 Å². The molecule has 0 amide bonds. The zero-order valence-corrected chi connectivity index (χ0v) is 12.1. The summed E-state index contributed by atoms with van der Waals surface area (Å²) in [5.41, 5.74) is 0.971. The molecule has 1 aliphatic carbocycles. The number of carboxylic acid groups (broad SMARTS) is 1. The van der Waals surface area contributed by atoms with Crippen LogP contribution in [0, 0.1) is 5.92 Å². The third-order valence-electron chi connectivity index (χ3n) is 4.72. The topological polar surface area (TPSA) is 53.4 Å². The zero-order valence-electron chi connectivity index (χ0n) is 11.3. The van der Waals surface area contributed by atoms with Gasteiger partial charge in [-0.3, -0.25) is 14.7 Å². The molecule has 0 bridgehead atoms. The average Bonchev–Trinajstić information content (AvgIpc) is 2.81. The molecule has 20 heavy (non-hydrogen) atoms. The van der Waals surface area contributed by atoms with Crippen LogP contribution in [0.4, 0.5) is 0 Å². The normalized spacial score (nSPS) is 30.1. The lowest BCUT2D eigenvalue weighted by Crippen LogP contribution is -2.41. The number of aromatic nitrogens is 1. The van der Waals surface area contributed by atoms with Crippen LogP contribution in [0.3, 0.4) is 0 Å². The molecule has 4 nitrogen and oxygen atoms in total. The first-order valence-corrected chi connectivity index (χ1v) is 7.61. The highest BCUT2D eigenvalue weighted by molar-refractivity contribution is 6.31. The fourth-order valence-electron chi connectivity index (χ4n) is 3.75. The highest BCUT2D eigenvalue weighted by Crippen LogP contribution is 2.40. The lowest BCUT2D eigenvalue weighted by molar-refractivity contribution is -0.142. The lowest BCUT2D eigenvalue weighted by Gasteiger charge is -2.33. The van der Waals surface area contributed by atoms with E-state index in [0.717, 1.165) is 24.8 Å². The maximum atomic E-state index is 11.5. The molecule has 2 aliphatic rings. The van der Waals surface area contributed by atoms with Crippen molar-refractivity contribution in [2.24, 2.45) is 5.92 Å². The predicted molar refractivity (Wildman–Crippen MR) is 76.6 cm³/mol. The smallest absolute Gasteiger partial charge is 0.320 e. The number of nitrogens with zero attached hydrogens (tertiary/aromatic N) is 2. The molecular weight excluding hydrogens is 276 g/mol. The van der Waals surface area contributed by atoms with Gasteiger partial charge in [-0.25, -0.2) is 0 Å². The van der Waals surface area contributed by atoms with Crippen LogP contribution in [0.25, 0.3) is 0 Å². The van der Waals surface area contributed by atoms with Gasteiger partial charge in [0.15, 0.2) is 0 Å². The second-order valence-electron chi connectivity index (χ2n) is 5.84. The molecule has 1 aliphatic heterocycles. The molecule has 0 radical (unpaired) electrons. The Bertz CT molecular complexity index is 508. The Hall–Kier alpha value is -1.13. The van der Waals surface area contributed by atoms with Gasteiger partial charge < -0.3 is 5.11 Å². The van der Waals surface area contributed by atoms with Gasteiger partial charge in [0, 0.05) is 25.0 Å². The molecule has 1 aromatic rings. The van der Waals surface area contributed by atoms with Gasteiger partial charge in [0.05, 0.1) is 5.02 Å². The van der Waals surface area contributed by atoms with Gasteiger partial charge in [0.2, 0.25) is 0 Å². The van der Waals surface area contributed by atoms with E-state index in [1.54, 1.807) is 12.4 Å². The van der Waals surface area contributed by atoms with Crippen molar-refractivity contribution in [3.05, 3.63) is 29.0 Å². The van der Waals surface area contributed by atoms with Crippen LogP contribution in [0.1, 0.15) is 37.7 Å². The minimum absolute atomic E-state index is 0.368. The maximum Gasteiger partial charge on any atom is 0.320 e. The zero-order chi connectivity index (χ0) is 14.1. The summed E-state index contributed by atoms with van der Waals surface area (Å²) in [4.78, 5) is 17.7. The Morgan fingerprint density at radius 2 is 2.25 bits per heavy atom. The van der Waals surface area contributed by atoms with E-state index in [1.165, 1.54) is 12.8 Å². The summed E-state index contributed by atoms with van der Waals surface area (Å²) in [7, 11) is 0. The van der Waals surface area contributed by atoms with E-state index in [2.05, 4.69) is 9.88 Å². The molecule has 3 unspecified atom stereocenters. The number of rotatable bonds is 3. The molecule has 108 valence electrons. The van der Waals surface area contributed by atoms with Crippen LogP contribution in [-0.4, -0.2) is 33.0 Å². The third kappa shape index (κ3) is 2.54. The number of fused-ring (bicyclic) bond motifs is 1. The molecule has 3 atom stereocenters. The molecule has 1 N–H and O–H groups in total. The van der Waals surface area contributed by atoms with Crippen molar-refractivity contribution in [1.29, 1.82) is 0 Å². The Balaban J connectivity index is 1.84. The third-order valence-corrected chi connectivity index (χ3v) is 5.06. The second kappa shape index (κ2) is 5.70. The van der Waals surface area contributed by atoms with Crippen molar-refractivity contribution >= 4 is 17.6 Å². The van der Waals surface area contributed by atoms with Crippen molar-refractivity contribution in [2.45, 2.75) is 50.7 Å². The summed E-state index contributed by atoms with van der Waals surface area (Å²) >= 11 is 6.17. The molecule has 2 heterocycles. The molecule has 1 saturated heterocycles. The summed E-state index contributed by atoms with van der Waals surface area (Å²) in [6, 6.07) is 1.92. The predicted octanol–water partition coefficient (Wildman–Crippen LogP) is 2.95. The second-order valence-corrected chi connectivity index (χ2v) is 6.25. The number of hydrogen-bond donors (Lipinski definition) is 1. The number of hydrogen-bond acceptors (Lipinski definition) is 3. The van der Waals surface area contributed by atoms with Crippen molar-refractivity contribution in [3.8, 4) is 0 Å². The number of carboxylic acids is 1. The Labute approximate surface area is 123 Å². The molecule has 3 rings (SSSR count). The van der Waals surface area contributed by atoms with Crippen molar-refractivity contribution in [3.63, 3.8) is 0 Å². The number of likely N-dealkylation sites (tertiary alicyclic amines) is 1. The van der Waals surface area contributed by atoms with Gasteiger partial charge in [0.1, 0.15) is 6.04 Å². The van der Waals surface area contributed by atoms with Gasteiger partial charge >= 0.3 is 5.97 Å². The molecule has 0 aromatic carbocycles. The minimum Gasteiger partial charge on any atom is -0.480 e. The van der Waals surface area contributed by atoms with Crippen LogP contribution in [0.15, 0.2) is 18.5 Å². The summed E-state index contributed by atoms with van der Waals surface area (Å²) in [6.07, 6.45) is 8.83. The number of carbonyl (C=O) groups is 1. The number of halogens is 1. The summed E-state index contributed by atoms with van der Waals surface area (Å²) in [5, 5.41) is 10.1. The molecule has 0 spiro atoms. The van der Waals surface area contributed by atoms with E-state index in [4.69, 9.17) is 11.6 Å². The van der Waals surface area contributed by atoms with Gasteiger partial charge in [-0.05, 0) is 36.8 Å². The fourth-order valence-corrected chi connectivity index (χ4v) is 3.93. The number of pyridine rings is 1. The van der Waals surface area contributed by atoms with E-state index < -0.39 is 5.97 Å². The van der Waals surface area contributed by atoms with Gasteiger partial charge in [0.25, 0.3) is 0 Å². The highest BCUT2D eigenvalue weighted by atomic mass is 35.5. The molecule has 1 aromatic heterocycles. The Morgan fingerprint density at radius 3 is 3.00 bits per heavy atom. The maximum absolute atomic E-state index is 11.5. The standard InChI is InChI=1S/C15H19ClN2O2/c16-12-8-17-6-5-11(12)9-18-13-4-2-1-3-10(13)7-14(18)15(19)20/h5-6,8,10,13-14H,1-4,7,9H2,(H,19,20). The van der Waals surface area contributed by atoms with Crippen molar-refractivity contribution in [1.82, 2.24) is 9.88 Å². The summed E-state index contributed by atoms with van der Waals surface area (Å²) in [6.45, 7) is 0.611. The molecule has 2 fully saturated rings. The monoisotopic (exact) mass is 294 g/mol. The summed E-state index contributed by atoms with van der Waals surface area (Å²) < 4.78 is 0. The quantitative estimate of drug-likeness (QED) is 0.931. The first-order chi connectivity index (χ1) is 9.66. The fraction of sp³-hybridized carbons (Fsp3) is 0.600. The van der Waals surface area contributed by atoms with Gasteiger partial charge in [-0.2, -0.15) is 0 Å². The average molecular weight is 295 g/mol. The molecular formula is C15H19ClN2O2. The lowest BCUT2D eigenvalue weighted by atomic mass is 9.84. The van der Waals surface area contributed by atoms with Crippen LogP contribution in [0.5, 0.6) is 0 Å². The molecule has 5 heteroatoms. The number of aliphatic carboxylic acids is 1. The summed E-state index contributed by atoms with van der Waals surface area (Å²) in [5.74, 6) is -0.171. The Kier molecular flexibility index (Phi) is 3.94. The van der Waals surface area contributed by atoms with E-state index in [1.807, 2.05) is 6.07 Å². The van der Waals surface area contributed by atoms with E-state index in [0.29, 0.717) is 23.5 Å². The van der Waals surface area contributed by atoms with Gasteiger partial charge in [-0.1, -0.05) is 24.4 Å². The minimum atomic E-state index is -0.704. The van der Waals surface area contributed by atoms with Crippen LogP contribution in [-0.2, 0) is 11.3 Å².